The lowest BCUT2D eigenvalue weighted by atomic mass is 10.1. The summed E-state index contributed by atoms with van der Waals surface area (Å²) < 4.78 is 16.2. The summed E-state index contributed by atoms with van der Waals surface area (Å²) in [7, 11) is 3.44. The molecule has 1 saturated heterocycles. The molecule has 0 aliphatic carbocycles. The molecule has 116 valence electrons. The molecular formula is C17H25NO3. The number of nitrogens with zero attached hydrogens (tertiary/aromatic N) is 1. The molecule has 0 spiro atoms. The number of methoxy groups -OCH3 is 2. The van der Waals surface area contributed by atoms with Crippen molar-refractivity contribution in [3.05, 3.63) is 35.9 Å². The van der Waals surface area contributed by atoms with Crippen LogP contribution in [0.25, 0.3) is 6.08 Å². The lowest BCUT2D eigenvalue weighted by Gasteiger charge is -2.32. The van der Waals surface area contributed by atoms with Gasteiger partial charge in [0.2, 0.25) is 0 Å². The molecule has 0 saturated carbocycles. The number of ether oxygens (including phenoxy) is 3. The summed E-state index contributed by atoms with van der Waals surface area (Å²) in [6.07, 6.45) is 5.57. The number of para-hydroxylation sites is 1. The van der Waals surface area contributed by atoms with E-state index in [0.717, 1.165) is 50.6 Å². The van der Waals surface area contributed by atoms with E-state index < -0.39 is 0 Å². The van der Waals surface area contributed by atoms with Crippen molar-refractivity contribution in [1.29, 1.82) is 0 Å². The van der Waals surface area contributed by atoms with E-state index in [-0.39, 0.29) is 0 Å². The van der Waals surface area contributed by atoms with Gasteiger partial charge in [0.1, 0.15) is 5.75 Å². The molecule has 1 fully saturated rings. The Balaban J connectivity index is 1.83. The molecule has 1 aromatic rings. The van der Waals surface area contributed by atoms with Crippen molar-refractivity contribution >= 4 is 6.08 Å². The maximum Gasteiger partial charge on any atom is 0.126 e. The van der Waals surface area contributed by atoms with Crippen LogP contribution >= 0.6 is 0 Å². The normalized spacial score (nSPS) is 20.0. The zero-order chi connectivity index (χ0) is 14.9. The number of rotatable bonds is 7. The molecule has 1 aromatic carbocycles. The third-order valence-corrected chi connectivity index (χ3v) is 3.67. The maximum atomic E-state index is 5.75. The molecule has 0 radical (unpaired) electrons. The molecule has 0 bridgehead atoms. The Morgan fingerprint density at radius 2 is 2.19 bits per heavy atom. The molecule has 21 heavy (non-hydrogen) atoms. The molecule has 0 amide bonds. The van der Waals surface area contributed by atoms with Crippen LogP contribution in [-0.2, 0) is 9.47 Å². The van der Waals surface area contributed by atoms with Crippen molar-refractivity contribution in [2.24, 2.45) is 0 Å². The van der Waals surface area contributed by atoms with Crippen LogP contribution in [0.2, 0.25) is 0 Å². The second-order valence-electron chi connectivity index (χ2n) is 5.18. The van der Waals surface area contributed by atoms with Gasteiger partial charge in [-0.3, -0.25) is 4.90 Å². The van der Waals surface area contributed by atoms with E-state index in [1.807, 2.05) is 18.2 Å². The van der Waals surface area contributed by atoms with E-state index in [4.69, 9.17) is 14.2 Å². The molecule has 1 aliphatic rings. The van der Waals surface area contributed by atoms with E-state index in [9.17, 15) is 0 Å². The Hall–Kier alpha value is -1.36. The second kappa shape index (κ2) is 8.82. The van der Waals surface area contributed by atoms with E-state index >= 15 is 0 Å². The van der Waals surface area contributed by atoms with Crippen molar-refractivity contribution in [3.63, 3.8) is 0 Å². The van der Waals surface area contributed by atoms with Crippen molar-refractivity contribution in [2.45, 2.75) is 12.5 Å². The summed E-state index contributed by atoms with van der Waals surface area (Å²) in [5.74, 6) is 0.911. The van der Waals surface area contributed by atoms with Crippen LogP contribution in [0.5, 0.6) is 5.75 Å². The third-order valence-electron chi connectivity index (χ3n) is 3.67. The Morgan fingerprint density at radius 1 is 1.33 bits per heavy atom. The van der Waals surface area contributed by atoms with E-state index in [0.29, 0.717) is 6.10 Å². The fourth-order valence-corrected chi connectivity index (χ4v) is 2.50. The predicted molar refractivity (Wildman–Crippen MR) is 84.7 cm³/mol. The minimum Gasteiger partial charge on any atom is -0.496 e. The highest BCUT2D eigenvalue weighted by atomic mass is 16.5. The predicted octanol–water partition coefficient (Wildman–Crippen LogP) is 2.45. The van der Waals surface area contributed by atoms with Crippen LogP contribution < -0.4 is 4.74 Å². The Labute approximate surface area is 127 Å². The van der Waals surface area contributed by atoms with Crippen LogP contribution in [0.4, 0.5) is 0 Å². The molecule has 1 atom stereocenters. The summed E-state index contributed by atoms with van der Waals surface area (Å²) in [6.45, 7) is 4.46. The Morgan fingerprint density at radius 3 is 3.00 bits per heavy atom. The summed E-state index contributed by atoms with van der Waals surface area (Å²) in [4.78, 5) is 2.41. The van der Waals surface area contributed by atoms with Crippen molar-refractivity contribution in [2.75, 3.05) is 47.1 Å². The highest BCUT2D eigenvalue weighted by Crippen LogP contribution is 2.18. The molecule has 0 aromatic heterocycles. The van der Waals surface area contributed by atoms with Gasteiger partial charge in [-0.1, -0.05) is 30.4 Å². The van der Waals surface area contributed by atoms with Crippen LogP contribution in [0.3, 0.4) is 0 Å². The largest absolute Gasteiger partial charge is 0.496 e. The SMILES string of the molecule is COCCC1CN(CC=Cc2ccccc2OC)CCO1. The fourth-order valence-electron chi connectivity index (χ4n) is 2.50. The monoisotopic (exact) mass is 291 g/mol. The summed E-state index contributed by atoms with van der Waals surface area (Å²) in [5, 5.41) is 0. The quantitative estimate of drug-likeness (QED) is 0.772. The number of morpholine rings is 1. The van der Waals surface area contributed by atoms with E-state index in [2.05, 4.69) is 23.1 Å². The zero-order valence-electron chi connectivity index (χ0n) is 13.0. The zero-order valence-corrected chi connectivity index (χ0v) is 13.0. The van der Waals surface area contributed by atoms with Gasteiger partial charge in [0.05, 0.1) is 19.8 Å². The first-order valence-electron chi connectivity index (χ1n) is 7.46. The van der Waals surface area contributed by atoms with Gasteiger partial charge in [0.25, 0.3) is 0 Å². The molecule has 1 unspecified atom stereocenters. The third kappa shape index (κ3) is 5.16. The van der Waals surface area contributed by atoms with Gasteiger partial charge in [0, 0.05) is 38.9 Å². The number of hydrogen-bond donors (Lipinski definition) is 0. The van der Waals surface area contributed by atoms with Gasteiger partial charge in [-0.25, -0.2) is 0 Å². The summed E-state index contributed by atoms with van der Waals surface area (Å²) in [6, 6.07) is 8.06. The van der Waals surface area contributed by atoms with Crippen LogP contribution in [0.1, 0.15) is 12.0 Å². The molecule has 4 heteroatoms. The lowest BCUT2D eigenvalue weighted by molar-refractivity contribution is -0.0371. The smallest absolute Gasteiger partial charge is 0.126 e. The molecule has 1 aliphatic heterocycles. The first kappa shape index (κ1) is 16.0. The van der Waals surface area contributed by atoms with Gasteiger partial charge in [-0.05, 0) is 12.5 Å². The van der Waals surface area contributed by atoms with Gasteiger partial charge >= 0.3 is 0 Å². The van der Waals surface area contributed by atoms with Crippen molar-refractivity contribution in [1.82, 2.24) is 4.90 Å². The maximum absolute atomic E-state index is 5.75. The van der Waals surface area contributed by atoms with Crippen LogP contribution in [0, 0.1) is 0 Å². The highest BCUT2D eigenvalue weighted by Gasteiger charge is 2.18. The highest BCUT2D eigenvalue weighted by molar-refractivity contribution is 5.57. The van der Waals surface area contributed by atoms with Gasteiger partial charge in [-0.15, -0.1) is 0 Å². The fraction of sp³-hybridized carbons (Fsp3) is 0.529. The lowest BCUT2D eigenvalue weighted by Crippen LogP contribution is -2.42. The minimum absolute atomic E-state index is 0.290. The average molecular weight is 291 g/mol. The van der Waals surface area contributed by atoms with Crippen LogP contribution in [-0.4, -0.2) is 58.1 Å². The van der Waals surface area contributed by atoms with Crippen molar-refractivity contribution in [3.8, 4) is 5.75 Å². The molecular weight excluding hydrogens is 266 g/mol. The van der Waals surface area contributed by atoms with Gasteiger partial charge in [-0.2, -0.15) is 0 Å². The first-order valence-corrected chi connectivity index (χ1v) is 7.46. The average Bonchev–Trinajstić information content (AvgIpc) is 2.54. The Kier molecular flexibility index (Phi) is 6.73. The molecule has 4 nitrogen and oxygen atoms in total. The Bertz CT molecular complexity index is 447. The topological polar surface area (TPSA) is 30.9 Å². The minimum atomic E-state index is 0.290. The van der Waals surface area contributed by atoms with Gasteiger partial charge < -0.3 is 14.2 Å². The van der Waals surface area contributed by atoms with E-state index in [1.54, 1.807) is 14.2 Å². The van der Waals surface area contributed by atoms with Gasteiger partial charge in [0.15, 0.2) is 0 Å². The van der Waals surface area contributed by atoms with Crippen LogP contribution in [0.15, 0.2) is 30.3 Å². The summed E-state index contributed by atoms with van der Waals surface area (Å²) >= 11 is 0. The molecule has 2 rings (SSSR count). The van der Waals surface area contributed by atoms with E-state index in [1.165, 1.54) is 0 Å². The second-order valence-corrected chi connectivity index (χ2v) is 5.18. The summed E-state index contributed by atoms with van der Waals surface area (Å²) in [5.41, 5.74) is 1.11. The standard InChI is InChI=1S/C17H25NO3/c1-19-12-9-16-14-18(11-13-21-16)10-5-7-15-6-3-4-8-17(15)20-2/h3-8,16H,9-14H2,1-2H3. The number of benzene rings is 1. The first-order chi connectivity index (χ1) is 10.3. The van der Waals surface area contributed by atoms with Crippen molar-refractivity contribution < 1.29 is 14.2 Å². The number of hydrogen-bond acceptors (Lipinski definition) is 4. The molecule has 1 heterocycles. The molecule has 0 N–H and O–H groups in total.